The Morgan fingerprint density at radius 1 is 1.20 bits per heavy atom. The summed E-state index contributed by atoms with van der Waals surface area (Å²) in [6.07, 6.45) is 7.49. The molecule has 6 nitrogen and oxygen atoms in total. The van der Waals surface area contributed by atoms with Crippen LogP contribution in [0.15, 0.2) is 48.8 Å². The number of para-hydroxylation sites is 1. The SMILES string of the molecule is CCCC(C)NC(=O)C1CCCN(c2nc(-c3ccncc3)nc3ccccc23)C1. The van der Waals surface area contributed by atoms with E-state index in [1.165, 1.54) is 0 Å². The molecule has 1 fully saturated rings. The molecule has 6 heteroatoms. The van der Waals surface area contributed by atoms with Crippen molar-refractivity contribution in [2.24, 2.45) is 5.92 Å². The quantitative estimate of drug-likeness (QED) is 0.667. The third-order valence-electron chi connectivity index (χ3n) is 5.72. The van der Waals surface area contributed by atoms with Gasteiger partial charge in [0.1, 0.15) is 5.82 Å². The minimum atomic E-state index is -0.0174. The van der Waals surface area contributed by atoms with E-state index in [2.05, 4.69) is 35.1 Å². The largest absolute Gasteiger partial charge is 0.355 e. The molecule has 2 atom stereocenters. The van der Waals surface area contributed by atoms with E-state index in [1.807, 2.05) is 30.3 Å². The summed E-state index contributed by atoms with van der Waals surface area (Å²) in [6.45, 7) is 5.80. The number of fused-ring (bicyclic) bond motifs is 1. The molecule has 3 heterocycles. The molecular formula is C24H29N5O. The van der Waals surface area contributed by atoms with Gasteiger partial charge in [-0.3, -0.25) is 9.78 Å². The Kier molecular flexibility index (Phi) is 6.21. The molecule has 3 aromatic rings. The zero-order valence-corrected chi connectivity index (χ0v) is 17.7. The summed E-state index contributed by atoms with van der Waals surface area (Å²) >= 11 is 0. The monoisotopic (exact) mass is 403 g/mol. The average Bonchev–Trinajstić information content (AvgIpc) is 2.79. The second-order valence-corrected chi connectivity index (χ2v) is 8.11. The summed E-state index contributed by atoms with van der Waals surface area (Å²) in [5.74, 6) is 1.74. The molecule has 2 unspecified atom stereocenters. The van der Waals surface area contributed by atoms with Crippen LogP contribution in [0.3, 0.4) is 0 Å². The number of hydrogen-bond acceptors (Lipinski definition) is 5. The predicted octanol–water partition coefficient (Wildman–Crippen LogP) is 4.21. The third-order valence-corrected chi connectivity index (χ3v) is 5.72. The molecule has 0 aliphatic carbocycles. The van der Waals surface area contributed by atoms with Gasteiger partial charge in [-0.2, -0.15) is 0 Å². The van der Waals surface area contributed by atoms with Gasteiger partial charge in [0.15, 0.2) is 5.82 Å². The lowest BCUT2D eigenvalue weighted by Gasteiger charge is -2.34. The van der Waals surface area contributed by atoms with Crippen LogP contribution in [0.25, 0.3) is 22.3 Å². The number of nitrogens with one attached hydrogen (secondary N) is 1. The smallest absolute Gasteiger partial charge is 0.225 e. The molecule has 4 rings (SSSR count). The Hall–Kier alpha value is -3.02. The lowest BCUT2D eigenvalue weighted by molar-refractivity contribution is -0.125. The number of anilines is 1. The van der Waals surface area contributed by atoms with Gasteiger partial charge in [0.2, 0.25) is 5.91 Å². The maximum atomic E-state index is 12.8. The normalized spacial score (nSPS) is 17.7. The minimum absolute atomic E-state index is 0.0174. The maximum absolute atomic E-state index is 12.8. The number of carbonyl (C=O) groups excluding carboxylic acids is 1. The predicted molar refractivity (Wildman–Crippen MR) is 120 cm³/mol. The summed E-state index contributed by atoms with van der Waals surface area (Å²) in [7, 11) is 0. The first kappa shape index (κ1) is 20.3. The van der Waals surface area contributed by atoms with Gasteiger partial charge in [-0.25, -0.2) is 9.97 Å². The number of amides is 1. The molecule has 1 aliphatic heterocycles. The van der Waals surface area contributed by atoms with Gasteiger partial charge in [0, 0.05) is 42.5 Å². The fourth-order valence-corrected chi connectivity index (χ4v) is 4.18. The molecular weight excluding hydrogens is 374 g/mol. The van der Waals surface area contributed by atoms with E-state index in [-0.39, 0.29) is 17.9 Å². The summed E-state index contributed by atoms with van der Waals surface area (Å²) in [6, 6.07) is 12.2. The molecule has 1 amide bonds. The van der Waals surface area contributed by atoms with Crippen LogP contribution >= 0.6 is 0 Å². The molecule has 30 heavy (non-hydrogen) atoms. The first-order valence-corrected chi connectivity index (χ1v) is 10.9. The van der Waals surface area contributed by atoms with Crippen molar-refractivity contribution in [1.29, 1.82) is 0 Å². The van der Waals surface area contributed by atoms with Crippen molar-refractivity contribution in [2.45, 2.75) is 45.6 Å². The second kappa shape index (κ2) is 9.20. The first-order chi connectivity index (χ1) is 14.7. The van der Waals surface area contributed by atoms with E-state index >= 15 is 0 Å². The number of rotatable bonds is 6. The fraction of sp³-hybridized carbons (Fsp3) is 0.417. The van der Waals surface area contributed by atoms with Crippen molar-refractivity contribution < 1.29 is 4.79 Å². The van der Waals surface area contributed by atoms with Crippen LogP contribution in [0, 0.1) is 5.92 Å². The number of carbonyl (C=O) groups is 1. The molecule has 2 aromatic heterocycles. The van der Waals surface area contributed by atoms with E-state index in [9.17, 15) is 4.79 Å². The lowest BCUT2D eigenvalue weighted by atomic mass is 9.96. The number of benzene rings is 1. The molecule has 0 saturated carbocycles. The Balaban J connectivity index is 1.64. The summed E-state index contributed by atoms with van der Waals surface area (Å²) in [5.41, 5.74) is 1.86. The Morgan fingerprint density at radius 2 is 2.00 bits per heavy atom. The number of piperidine rings is 1. The van der Waals surface area contributed by atoms with Crippen LogP contribution in [0.4, 0.5) is 5.82 Å². The number of aromatic nitrogens is 3. The summed E-state index contributed by atoms with van der Waals surface area (Å²) in [5, 5.41) is 4.22. The topological polar surface area (TPSA) is 71.0 Å². The van der Waals surface area contributed by atoms with Crippen molar-refractivity contribution in [3.05, 3.63) is 48.8 Å². The molecule has 1 aliphatic rings. The van der Waals surface area contributed by atoms with E-state index in [0.29, 0.717) is 12.4 Å². The van der Waals surface area contributed by atoms with Crippen molar-refractivity contribution in [3.63, 3.8) is 0 Å². The van der Waals surface area contributed by atoms with E-state index in [0.717, 1.165) is 54.5 Å². The van der Waals surface area contributed by atoms with Gasteiger partial charge < -0.3 is 10.2 Å². The molecule has 1 aromatic carbocycles. The molecule has 1 saturated heterocycles. The third kappa shape index (κ3) is 4.42. The maximum Gasteiger partial charge on any atom is 0.225 e. The zero-order valence-electron chi connectivity index (χ0n) is 17.7. The molecule has 1 N–H and O–H groups in total. The molecule has 0 radical (unpaired) electrons. The van der Waals surface area contributed by atoms with E-state index < -0.39 is 0 Å². The van der Waals surface area contributed by atoms with Crippen LogP contribution in [0.2, 0.25) is 0 Å². The highest BCUT2D eigenvalue weighted by Gasteiger charge is 2.28. The van der Waals surface area contributed by atoms with Gasteiger partial charge in [0.25, 0.3) is 0 Å². The minimum Gasteiger partial charge on any atom is -0.355 e. The van der Waals surface area contributed by atoms with Crippen molar-refractivity contribution in [2.75, 3.05) is 18.0 Å². The van der Waals surface area contributed by atoms with Gasteiger partial charge in [-0.05, 0) is 50.5 Å². The van der Waals surface area contributed by atoms with Crippen LogP contribution in [0.5, 0.6) is 0 Å². The average molecular weight is 404 g/mol. The highest BCUT2D eigenvalue weighted by atomic mass is 16.2. The highest BCUT2D eigenvalue weighted by molar-refractivity contribution is 5.91. The standard InChI is InChI=1S/C24H29N5O/c1-3-7-17(2)26-24(30)19-8-6-15-29(16-19)23-20-9-4-5-10-21(20)27-22(28-23)18-11-13-25-14-12-18/h4-5,9-14,17,19H,3,6-8,15-16H2,1-2H3,(H,26,30). The summed E-state index contributed by atoms with van der Waals surface area (Å²) < 4.78 is 0. The van der Waals surface area contributed by atoms with E-state index in [4.69, 9.17) is 9.97 Å². The van der Waals surface area contributed by atoms with E-state index in [1.54, 1.807) is 12.4 Å². The molecule has 0 spiro atoms. The Morgan fingerprint density at radius 3 is 2.80 bits per heavy atom. The van der Waals surface area contributed by atoms with Gasteiger partial charge in [-0.1, -0.05) is 25.5 Å². The highest BCUT2D eigenvalue weighted by Crippen LogP contribution is 2.30. The Labute approximate surface area is 177 Å². The van der Waals surface area contributed by atoms with Crippen LogP contribution < -0.4 is 10.2 Å². The lowest BCUT2D eigenvalue weighted by Crippen LogP contribution is -2.45. The number of hydrogen-bond donors (Lipinski definition) is 1. The molecule has 0 bridgehead atoms. The van der Waals surface area contributed by atoms with Crippen LogP contribution in [0.1, 0.15) is 39.5 Å². The first-order valence-electron chi connectivity index (χ1n) is 10.9. The zero-order chi connectivity index (χ0) is 20.9. The van der Waals surface area contributed by atoms with Gasteiger partial charge in [0.05, 0.1) is 11.4 Å². The van der Waals surface area contributed by atoms with Crippen molar-refractivity contribution in [1.82, 2.24) is 20.3 Å². The molecule has 156 valence electrons. The van der Waals surface area contributed by atoms with Crippen LogP contribution in [-0.4, -0.2) is 40.0 Å². The van der Waals surface area contributed by atoms with Crippen molar-refractivity contribution in [3.8, 4) is 11.4 Å². The van der Waals surface area contributed by atoms with Crippen molar-refractivity contribution >= 4 is 22.6 Å². The van der Waals surface area contributed by atoms with Crippen LogP contribution in [-0.2, 0) is 4.79 Å². The number of pyridine rings is 1. The fourth-order valence-electron chi connectivity index (χ4n) is 4.18. The second-order valence-electron chi connectivity index (χ2n) is 8.11. The Bertz CT molecular complexity index is 1010. The number of nitrogens with zero attached hydrogens (tertiary/aromatic N) is 4. The van der Waals surface area contributed by atoms with Gasteiger partial charge in [-0.15, -0.1) is 0 Å². The van der Waals surface area contributed by atoms with Gasteiger partial charge >= 0.3 is 0 Å². The summed E-state index contributed by atoms with van der Waals surface area (Å²) in [4.78, 5) is 28.9.